The van der Waals surface area contributed by atoms with Crippen LogP contribution in [-0.2, 0) is 13.1 Å². The van der Waals surface area contributed by atoms with Crippen molar-refractivity contribution in [2.75, 3.05) is 13.6 Å². The number of hydrogen-bond donors (Lipinski definition) is 0. The molecule has 0 atom stereocenters. The third-order valence-electron chi connectivity index (χ3n) is 3.41. The first-order valence-corrected chi connectivity index (χ1v) is 6.03. The molecular weight excluding hydrogens is 202 g/mol. The Morgan fingerprint density at radius 2 is 2.25 bits per heavy atom. The number of ketones is 1. The number of carbonyl (C=O) groups is 1. The van der Waals surface area contributed by atoms with Gasteiger partial charge in [0.1, 0.15) is 5.69 Å². The molecule has 0 saturated heterocycles. The van der Waals surface area contributed by atoms with Gasteiger partial charge < -0.3 is 4.90 Å². The lowest BCUT2D eigenvalue weighted by molar-refractivity contribution is 0.0962. The van der Waals surface area contributed by atoms with Crippen LogP contribution in [-0.4, -0.2) is 34.1 Å². The maximum atomic E-state index is 11.9. The topological polar surface area (TPSA) is 38.1 Å². The lowest BCUT2D eigenvalue weighted by Crippen LogP contribution is -2.17. The molecule has 1 aliphatic heterocycles. The Hall–Kier alpha value is -1.16. The summed E-state index contributed by atoms with van der Waals surface area (Å²) in [6.07, 6.45) is 3.23. The molecule has 1 saturated carbocycles. The molecule has 2 aliphatic rings. The van der Waals surface area contributed by atoms with Gasteiger partial charge in [-0.1, -0.05) is 0 Å². The highest BCUT2D eigenvalue weighted by Crippen LogP contribution is 2.32. The van der Waals surface area contributed by atoms with Crippen molar-refractivity contribution in [3.63, 3.8) is 0 Å². The van der Waals surface area contributed by atoms with Crippen LogP contribution in [0.5, 0.6) is 0 Å². The summed E-state index contributed by atoms with van der Waals surface area (Å²) in [5.41, 5.74) is 1.87. The molecule has 2 heterocycles. The molecule has 0 spiro atoms. The molecule has 86 valence electrons. The fraction of sp³-hybridized carbons (Fsp3) is 0.667. The minimum atomic E-state index is 0.253. The minimum Gasteiger partial charge on any atom is -0.300 e. The largest absolute Gasteiger partial charge is 0.300 e. The Labute approximate surface area is 95.2 Å². The Balaban J connectivity index is 1.87. The highest BCUT2D eigenvalue weighted by atomic mass is 16.1. The van der Waals surface area contributed by atoms with Crippen molar-refractivity contribution in [3.8, 4) is 0 Å². The number of Topliss-reactive ketones (excluding diaryl/α,β-unsaturated/α-hetero) is 1. The smallest absolute Gasteiger partial charge is 0.186 e. The van der Waals surface area contributed by atoms with Crippen molar-refractivity contribution in [2.45, 2.75) is 32.4 Å². The van der Waals surface area contributed by atoms with Crippen LogP contribution in [0, 0.1) is 5.92 Å². The molecule has 4 nitrogen and oxygen atoms in total. The van der Waals surface area contributed by atoms with Gasteiger partial charge in [-0.15, -0.1) is 0 Å². The van der Waals surface area contributed by atoms with Crippen LogP contribution in [0.15, 0.2) is 6.07 Å². The maximum Gasteiger partial charge on any atom is 0.186 e. The monoisotopic (exact) mass is 219 g/mol. The van der Waals surface area contributed by atoms with E-state index in [0.717, 1.165) is 38.9 Å². The first-order valence-electron chi connectivity index (χ1n) is 6.03. The van der Waals surface area contributed by atoms with Crippen molar-refractivity contribution >= 4 is 5.78 Å². The zero-order chi connectivity index (χ0) is 11.1. The van der Waals surface area contributed by atoms with E-state index in [1.807, 2.05) is 10.7 Å². The van der Waals surface area contributed by atoms with Gasteiger partial charge in [0.2, 0.25) is 0 Å². The van der Waals surface area contributed by atoms with Gasteiger partial charge in [-0.3, -0.25) is 9.48 Å². The third kappa shape index (κ3) is 1.78. The van der Waals surface area contributed by atoms with Crippen LogP contribution in [0.2, 0.25) is 0 Å². The number of rotatable bonds is 2. The van der Waals surface area contributed by atoms with Gasteiger partial charge in [-0.05, 0) is 32.4 Å². The predicted octanol–water partition coefficient (Wildman–Crippen LogP) is 1.31. The summed E-state index contributed by atoms with van der Waals surface area (Å²) in [6, 6.07) is 1.99. The first kappa shape index (κ1) is 10.0. The molecule has 0 radical (unpaired) electrons. The zero-order valence-corrected chi connectivity index (χ0v) is 9.65. The van der Waals surface area contributed by atoms with E-state index in [0.29, 0.717) is 5.69 Å². The Kier molecular flexibility index (Phi) is 2.32. The molecule has 1 aromatic heterocycles. The van der Waals surface area contributed by atoms with Gasteiger partial charge in [-0.2, -0.15) is 5.10 Å². The second kappa shape index (κ2) is 3.70. The molecule has 0 amide bonds. The van der Waals surface area contributed by atoms with Crippen molar-refractivity contribution in [2.24, 2.45) is 5.92 Å². The lowest BCUT2D eigenvalue weighted by atomic mass is 10.2. The molecule has 1 aliphatic carbocycles. The minimum absolute atomic E-state index is 0.253. The Bertz CT molecular complexity index is 420. The van der Waals surface area contributed by atoms with Crippen molar-refractivity contribution in [1.29, 1.82) is 0 Å². The molecule has 0 unspecified atom stereocenters. The molecule has 1 fully saturated rings. The van der Waals surface area contributed by atoms with Crippen LogP contribution in [0.4, 0.5) is 0 Å². The molecule has 16 heavy (non-hydrogen) atoms. The summed E-state index contributed by atoms with van der Waals surface area (Å²) in [6.45, 7) is 2.96. The SMILES string of the molecule is CN1CCCn2nc(C(=O)C3CC3)cc2C1. The average molecular weight is 219 g/mol. The van der Waals surface area contributed by atoms with Crippen molar-refractivity contribution in [1.82, 2.24) is 14.7 Å². The van der Waals surface area contributed by atoms with Crippen LogP contribution < -0.4 is 0 Å². The molecule has 4 heteroatoms. The van der Waals surface area contributed by atoms with E-state index < -0.39 is 0 Å². The van der Waals surface area contributed by atoms with Crippen LogP contribution >= 0.6 is 0 Å². The number of hydrogen-bond acceptors (Lipinski definition) is 3. The summed E-state index contributed by atoms with van der Waals surface area (Å²) in [4.78, 5) is 14.2. The van der Waals surface area contributed by atoms with E-state index in [9.17, 15) is 4.79 Å². The summed E-state index contributed by atoms with van der Waals surface area (Å²) in [7, 11) is 2.12. The standard InChI is InChI=1S/C12H17N3O/c1-14-5-2-6-15-10(8-14)7-11(13-15)12(16)9-3-4-9/h7,9H,2-6,8H2,1H3. The molecule has 0 bridgehead atoms. The fourth-order valence-corrected chi connectivity index (χ4v) is 2.30. The van der Waals surface area contributed by atoms with E-state index in [1.54, 1.807) is 0 Å². The second-order valence-corrected chi connectivity index (χ2v) is 4.97. The van der Waals surface area contributed by atoms with E-state index in [-0.39, 0.29) is 11.7 Å². The van der Waals surface area contributed by atoms with E-state index in [1.165, 1.54) is 5.69 Å². The van der Waals surface area contributed by atoms with Crippen molar-refractivity contribution < 1.29 is 4.79 Å². The molecule has 1 aromatic rings. The number of fused-ring (bicyclic) bond motifs is 1. The van der Waals surface area contributed by atoms with Gasteiger partial charge >= 0.3 is 0 Å². The van der Waals surface area contributed by atoms with Crippen LogP contribution in [0.25, 0.3) is 0 Å². The predicted molar refractivity (Wildman–Crippen MR) is 60.2 cm³/mol. The van der Waals surface area contributed by atoms with Crippen molar-refractivity contribution in [3.05, 3.63) is 17.5 Å². The summed E-state index contributed by atoms with van der Waals surface area (Å²) in [5.74, 6) is 0.528. The number of nitrogens with zero attached hydrogens (tertiary/aromatic N) is 3. The first-order chi connectivity index (χ1) is 7.74. The third-order valence-corrected chi connectivity index (χ3v) is 3.41. The lowest BCUT2D eigenvalue weighted by Gasteiger charge is -2.10. The quantitative estimate of drug-likeness (QED) is 0.704. The normalized spacial score (nSPS) is 21.6. The second-order valence-electron chi connectivity index (χ2n) is 4.97. The molecule has 0 N–H and O–H groups in total. The maximum absolute atomic E-state index is 11.9. The van der Waals surface area contributed by atoms with Gasteiger partial charge in [0.05, 0.1) is 5.69 Å². The summed E-state index contributed by atoms with van der Waals surface area (Å²) >= 11 is 0. The molecule has 3 rings (SSSR count). The van der Waals surface area contributed by atoms with Gasteiger partial charge in [0.15, 0.2) is 5.78 Å². The zero-order valence-electron chi connectivity index (χ0n) is 9.65. The van der Waals surface area contributed by atoms with Gasteiger partial charge in [-0.25, -0.2) is 0 Å². The highest BCUT2D eigenvalue weighted by molar-refractivity contribution is 5.97. The van der Waals surface area contributed by atoms with Gasteiger partial charge in [0.25, 0.3) is 0 Å². The average Bonchev–Trinajstić information content (AvgIpc) is 3.04. The highest BCUT2D eigenvalue weighted by Gasteiger charge is 2.32. The Morgan fingerprint density at radius 3 is 3.00 bits per heavy atom. The molecule has 0 aromatic carbocycles. The summed E-state index contributed by atoms with van der Waals surface area (Å²) in [5, 5.41) is 4.45. The van der Waals surface area contributed by atoms with Gasteiger partial charge in [0, 0.05) is 25.6 Å². The number of carbonyl (C=O) groups excluding carboxylic acids is 1. The number of aryl methyl sites for hydroxylation is 1. The van der Waals surface area contributed by atoms with E-state index >= 15 is 0 Å². The summed E-state index contributed by atoms with van der Waals surface area (Å²) < 4.78 is 2.01. The Morgan fingerprint density at radius 1 is 1.44 bits per heavy atom. The number of aromatic nitrogens is 2. The van der Waals surface area contributed by atoms with Crippen LogP contribution in [0.3, 0.4) is 0 Å². The van der Waals surface area contributed by atoms with E-state index in [4.69, 9.17) is 0 Å². The van der Waals surface area contributed by atoms with Crippen LogP contribution in [0.1, 0.15) is 35.4 Å². The van der Waals surface area contributed by atoms with E-state index in [2.05, 4.69) is 17.0 Å². The fourth-order valence-electron chi connectivity index (χ4n) is 2.30. The molecular formula is C12H17N3O.